The number of nitrogens with one attached hydrogen (secondary N) is 2. The molecule has 0 aliphatic carbocycles. The number of ether oxygens (including phenoxy) is 2. The van der Waals surface area contributed by atoms with E-state index in [9.17, 15) is 27.6 Å². The summed E-state index contributed by atoms with van der Waals surface area (Å²) in [5, 5.41) is 4.63. The summed E-state index contributed by atoms with van der Waals surface area (Å²) >= 11 is 0. The summed E-state index contributed by atoms with van der Waals surface area (Å²) in [5.41, 5.74) is -0.943. The minimum absolute atomic E-state index is 0.191. The molecule has 0 saturated carbocycles. The molecule has 0 spiro atoms. The molecule has 2 aromatic carbocycles. The molecule has 0 unspecified atom stereocenters. The Bertz CT molecular complexity index is 898. The molecule has 0 radical (unpaired) electrons. The number of rotatable bonds is 8. The summed E-state index contributed by atoms with van der Waals surface area (Å²) in [6.45, 7) is -0.773. The molecule has 0 heterocycles. The second-order valence-corrected chi connectivity index (χ2v) is 6.03. The summed E-state index contributed by atoms with van der Waals surface area (Å²) in [6, 6.07) is 11.0. The fourth-order valence-corrected chi connectivity index (χ4v) is 2.36. The van der Waals surface area contributed by atoms with Gasteiger partial charge < -0.3 is 20.1 Å². The number of carbonyl (C=O) groups excluding carboxylic acids is 3. The summed E-state index contributed by atoms with van der Waals surface area (Å²) in [7, 11) is 1.51. The Balaban J connectivity index is 1.75. The monoisotopic (exact) mass is 424 g/mol. The number of esters is 1. The zero-order valence-electron chi connectivity index (χ0n) is 15.9. The van der Waals surface area contributed by atoms with Gasteiger partial charge in [-0.05, 0) is 36.4 Å². The Morgan fingerprint density at radius 3 is 2.20 bits per heavy atom. The molecule has 0 atom stereocenters. The van der Waals surface area contributed by atoms with Crippen molar-refractivity contribution in [1.29, 1.82) is 0 Å². The van der Waals surface area contributed by atoms with Crippen LogP contribution in [0, 0.1) is 0 Å². The van der Waals surface area contributed by atoms with E-state index in [0.717, 1.165) is 12.1 Å². The molecule has 0 bridgehead atoms. The standard InChI is InChI=1S/C20H19F3N2O5/c1-29-14-8-6-13(7-9-14)24-17(26)10-11-19(28)30-12-18(27)25-16-5-3-2-4-15(16)20(21,22)23/h2-9H,10-12H2,1H3,(H,24,26)(H,25,27). The Labute approximate surface area is 170 Å². The molecular weight excluding hydrogens is 405 g/mol. The van der Waals surface area contributed by atoms with Crippen molar-refractivity contribution in [2.75, 3.05) is 24.4 Å². The van der Waals surface area contributed by atoms with Crippen LogP contribution in [0.3, 0.4) is 0 Å². The molecule has 2 amide bonds. The van der Waals surface area contributed by atoms with Gasteiger partial charge in [-0.2, -0.15) is 13.2 Å². The minimum atomic E-state index is -4.64. The van der Waals surface area contributed by atoms with Crippen LogP contribution in [0.5, 0.6) is 5.75 Å². The van der Waals surface area contributed by atoms with E-state index in [0.29, 0.717) is 11.4 Å². The summed E-state index contributed by atoms with van der Waals surface area (Å²) < 4.78 is 48.4. The molecular formula is C20H19F3N2O5. The third-order valence-electron chi connectivity index (χ3n) is 3.80. The highest BCUT2D eigenvalue weighted by Crippen LogP contribution is 2.34. The van der Waals surface area contributed by atoms with Crippen LogP contribution in [0.1, 0.15) is 18.4 Å². The zero-order valence-corrected chi connectivity index (χ0v) is 15.9. The Morgan fingerprint density at radius 2 is 1.57 bits per heavy atom. The van der Waals surface area contributed by atoms with Crippen molar-refractivity contribution in [3.63, 3.8) is 0 Å². The zero-order chi connectivity index (χ0) is 22.1. The fourth-order valence-electron chi connectivity index (χ4n) is 2.36. The molecule has 2 aromatic rings. The van der Waals surface area contributed by atoms with Crippen LogP contribution >= 0.6 is 0 Å². The van der Waals surface area contributed by atoms with Gasteiger partial charge in [-0.25, -0.2) is 0 Å². The number of benzene rings is 2. The normalized spacial score (nSPS) is 10.8. The van der Waals surface area contributed by atoms with Crippen LogP contribution in [0.25, 0.3) is 0 Å². The molecule has 2 N–H and O–H groups in total. The van der Waals surface area contributed by atoms with Crippen molar-refractivity contribution in [2.45, 2.75) is 19.0 Å². The van der Waals surface area contributed by atoms with Crippen LogP contribution in [-0.2, 0) is 25.3 Å². The van der Waals surface area contributed by atoms with E-state index < -0.39 is 41.8 Å². The second-order valence-electron chi connectivity index (χ2n) is 6.03. The van der Waals surface area contributed by atoms with Crippen molar-refractivity contribution in [3.05, 3.63) is 54.1 Å². The number of hydrogen-bond donors (Lipinski definition) is 2. The van der Waals surface area contributed by atoms with Gasteiger partial charge in [-0.3, -0.25) is 14.4 Å². The third kappa shape index (κ3) is 7.12. The van der Waals surface area contributed by atoms with Crippen LogP contribution in [0.4, 0.5) is 24.5 Å². The first-order chi connectivity index (χ1) is 14.2. The van der Waals surface area contributed by atoms with Crippen LogP contribution in [0.2, 0.25) is 0 Å². The smallest absolute Gasteiger partial charge is 0.418 e. The Hall–Kier alpha value is -3.56. The molecule has 30 heavy (non-hydrogen) atoms. The van der Waals surface area contributed by atoms with E-state index in [4.69, 9.17) is 9.47 Å². The topological polar surface area (TPSA) is 93.7 Å². The van der Waals surface area contributed by atoms with Crippen LogP contribution < -0.4 is 15.4 Å². The van der Waals surface area contributed by atoms with Crippen molar-refractivity contribution in [3.8, 4) is 5.75 Å². The molecule has 160 valence electrons. The molecule has 0 aliphatic rings. The van der Waals surface area contributed by atoms with E-state index in [-0.39, 0.29) is 12.8 Å². The van der Waals surface area contributed by atoms with Crippen molar-refractivity contribution in [2.24, 2.45) is 0 Å². The summed E-state index contributed by atoms with van der Waals surface area (Å²) in [4.78, 5) is 35.3. The van der Waals surface area contributed by atoms with E-state index in [2.05, 4.69) is 10.6 Å². The average Bonchev–Trinajstić information content (AvgIpc) is 2.71. The van der Waals surface area contributed by atoms with Gasteiger partial charge in [0.2, 0.25) is 5.91 Å². The van der Waals surface area contributed by atoms with Gasteiger partial charge in [-0.15, -0.1) is 0 Å². The van der Waals surface area contributed by atoms with E-state index >= 15 is 0 Å². The highest BCUT2D eigenvalue weighted by Gasteiger charge is 2.33. The van der Waals surface area contributed by atoms with Gasteiger partial charge >= 0.3 is 12.1 Å². The van der Waals surface area contributed by atoms with Crippen molar-refractivity contribution >= 4 is 29.2 Å². The lowest BCUT2D eigenvalue weighted by atomic mass is 10.1. The fraction of sp³-hybridized carbons (Fsp3) is 0.250. The van der Waals surface area contributed by atoms with Crippen molar-refractivity contribution in [1.82, 2.24) is 0 Å². The molecule has 0 aliphatic heterocycles. The predicted molar refractivity (Wildman–Crippen MR) is 102 cm³/mol. The first-order valence-corrected chi connectivity index (χ1v) is 8.74. The number of amides is 2. The first-order valence-electron chi connectivity index (χ1n) is 8.74. The SMILES string of the molecule is COc1ccc(NC(=O)CCC(=O)OCC(=O)Nc2ccccc2C(F)(F)F)cc1. The number of methoxy groups -OCH3 is 1. The highest BCUT2D eigenvalue weighted by molar-refractivity contribution is 5.95. The first kappa shape index (κ1) is 22.7. The predicted octanol–water partition coefficient (Wildman–Crippen LogP) is 3.61. The number of carbonyl (C=O) groups is 3. The lowest BCUT2D eigenvalue weighted by Crippen LogP contribution is -2.23. The van der Waals surface area contributed by atoms with Gasteiger partial charge in [0, 0.05) is 12.1 Å². The molecule has 0 fully saturated rings. The number of anilines is 2. The van der Waals surface area contributed by atoms with E-state index in [1.54, 1.807) is 24.3 Å². The van der Waals surface area contributed by atoms with Gasteiger partial charge in [0.15, 0.2) is 6.61 Å². The maximum absolute atomic E-state index is 12.9. The minimum Gasteiger partial charge on any atom is -0.497 e. The van der Waals surface area contributed by atoms with E-state index in [1.807, 2.05) is 0 Å². The maximum Gasteiger partial charge on any atom is 0.418 e. The van der Waals surface area contributed by atoms with Crippen molar-refractivity contribution < 1.29 is 37.0 Å². The third-order valence-corrected chi connectivity index (χ3v) is 3.80. The Kier molecular flexibility index (Phi) is 7.79. The summed E-state index contributed by atoms with van der Waals surface area (Å²) in [5.74, 6) is -1.59. The lowest BCUT2D eigenvalue weighted by molar-refractivity contribution is -0.148. The van der Waals surface area contributed by atoms with Gasteiger partial charge in [0.05, 0.1) is 24.8 Å². The quantitative estimate of drug-likeness (QED) is 0.632. The number of halogens is 3. The number of hydrogen-bond acceptors (Lipinski definition) is 5. The largest absolute Gasteiger partial charge is 0.497 e. The lowest BCUT2D eigenvalue weighted by Gasteiger charge is -2.13. The van der Waals surface area contributed by atoms with Gasteiger partial charge in [0.25, 0.3) is 5.91 Å². The average molecular weight is 424 g/mol. The molecule has 0 aromatic heterocycles. The van der Waals surface area contributed by atoms with Gasteiger partial charge in [0.1, 0.15) is 5.75 Å². The van der Waals surface area contributed by atoms with Crippen LogP contribution in [-0.4, -0.2) is 31.5 Å². The number of para-hydroxylation sites is 1. The van der Waals surface area contributed by atoms with Gasteiger partial charge in [-0.1, -0.05) is 12.1 Å². The second kappa shape index (κ2) is 10.3. The Morgan fingerprint density at radius 1 is 0.900 bits per heavy atom. The summed E-state index contributed by atoms with van der Waals surface area (Å²) in [6.07, 6.45) is -5.13. The molecule has 2 rings (SSSR count). The number of alkyl halides is 3. The molecule has 0 saturated heterocycles. The van der Waals surface area contributed by atoms with E-state index in [1.165, 1.54) is 19.2 Å². The van der Waals surface area contributed by atoms with Crippen LogP contribution in [0.15, 0.2) is 48.5 Å². The highest BCUT2D eigenvalue weighted by atomic mass is 19.4. The maximum atomic E-state index is 12.9. The molecule has 7 nitrogen and oxygen atoms in total. The molecule has 10 heteroatoms.